The molecule has 0 unspecified atom stereocenters. The Morgan fingerprint density at radius 2 is 1.77 bits per heavy atom. The van der Waals surface area contributed by atoms with Crippen molar-refractivity contribution in [1.29, 1.82) is 0 Å². The van der Waals surface area contributed by atoms with Crippen molar-refractivity contribution >= 4 is 23.8 Å². The summed E-state index contributed by atoms with van der Waals surface area (Å²) in [6.45, 7) is 3.33. The summed E-state index contributed by atoms with van der Waals surface area (Å²) < 4.78 is 16.4. The number of carbonyl (C=O) groups excluding carboxylic acids is 4. The van der Waals surface area contributed by atoms with Crippen LogP contribution in [0.5, 0.6) is 0 Å². The van der Waals surface area contributed by atoms with Crippen LogP contribution in [-0.4, -0.2) is 99.9 Å². The van der Waals surface area contributed by atoms with E-state index in [0.29, 0.717) is 71.6 Å². The Bertz CT molecular complexity index is 995. The molecule has 2 bridgehead atoms. The average Bonchev–Trinajstić information content (AvgIpc) is 3.42. The maximum absolute atomic E-state index is 12.8. The first kappa shape index (κ1) is 29.8. The molecule has 4 N–H and O–H groups in total. The molecular weight excluding hydrogens is 518 g/mol. The van der Waals surface area contributed by atoms with Gasteiger partial charge in [-0.15, -0.1) is 0 Å². The van der Waals surface area contributed by atoms with E-state index >= 15 is 0 Å². The molecule has 0 saturated carbocycles. The third kappa shape index (κ3) is 9.46. The molecule has 0 spiro atoms. The van der Waals surface area contributed by atoms with Crippen LogP contribution in [0, 0.1) is 11.8 Å². The van der Waals surface area contributed by atoms with Crippen LogP contribution in [0.3, 0.4) is 0 Å². The molecule has 3 saturated heterocycles. The summed E-state index contributed by atoms with van der Waals surface area (Å²) in [7, 11) is 0. The normalized spacial score (nSPS) is 27.8. The molecule has 0 aromatic heterocycles. The molecule has 3 fully saturated rings. The van der Waals surface area contributed by atoms with Gasteiger partial charge in [-0.2, -0.15) is 0 Å². The molecule has 1 aromatic carbocycles. The molecular formula is C28H41N5O7. The van der Waals surface area contributed by atoms with Gasteiger partial charge < -0.3 is 40.4 Å². The monoisotopic (exact) mass is 559 g/mol. The van der Waals surface area contributed by atoms with E-state index in [0.717, 1.165) is 5.56 Å². The zero-order valence-corrected chi connectivity index (χ0v) is 22.9. The molecule has 3 aliphatic rings. The predicted molar refractivity (Wildman–Crippen MR) is 145 cm³/mol. The van der Waals surface area contributed by atoms with Gasteiger partial charge in [0.2, 0.25) is 17.7 Å². The summed E-state index contributed by atoms with van der Waals surface area (Å²) in [6, 6.07) is 8.99. The Kier molecular flexibility index (Phi) is 11.6. The molecule has 4 rings (SSSR count). The maximum Gasteiger partial charge on any atom is 0.410 e. The number of nitrogens with zero attached hydrogens (tertiary/aromatic N) is 1. The summed E-state index contributed by atoms with van der Waals surface area (Å²) in [4.78, 5) is 52.2. The van der Waals surface area contributed by atoms with E-state index in [1.807, 2.05) is 30.3 Å². The van der Waals surface area contributed by atoms with Crippen LogP contribution in [0.15, 0.2) is 30.3 Å². The van der Waals surface area contributed by atoms with Crippen LogP contribution in [0.25, 0.3) is 0 Å². The predicted octanol–water partition coefficient (Wildman–Crippen LogP) is 0.167. The van der Waals surface area contributed by atoms with Gasteiger partial charge in [-0.25, -0.2) is 4.79 Å². The first-order valence-corrected chi connectivity index (χ1v) is 14.2. The second-order valence-corrected chi connectivity index (χ2v) is 10.6. The highest BCUT2D eigenvalue weighted by molar-refractivity contribution is 5.82. The van der Waals surface area contributed by atoms with E-state index in [1.165, 1.54) is 0 Å². The van der Waals surface area contributed by atoms with Crippen molar-refractivity contribution in [3.05, 3.63) is 35.9 Å². The third-order valence-electron chi connectivity index (χ3n) is 7.60. The van der Waals surface area contributed by atoms with Crippen LogP contribution in [-0.2, 0) is 35.2 Å². The van der Waals surface area contributed by atoms with E-state index in [2.05, 4.69) is 21.3 Å². The average molecular weight is 560 g/mol. The molecule has 1 aromatic rings. The second kappa shape index (κ2) is 15.5. The Balaban J connectivity index is 1.34. The molecule has 12 nitrogen and oxygen atoms in total. The van der Waals surface area contributed by atoms with E-state index in [4.69, 9.17) is 14.2 Å². The highest BCUT2D eigenvalue weighted by Crippen LogP contribution is 2.29. The first-order chi connectivity index (χ1) is 19.5. The van der Waals surface area contributed by atoms with E-state index in [-0.39, 0.29) is 61.5 Å². The second-order valence-electron chi connectivity index (χ2n) is 10.6. The molecule has 40 heavy (non-hydrogen) atoms. The van der Waals surface area contributed by atoms with Crippen LogP contribution in [0.2, 0.25) is 0 Å². The molecule has 12 heteroatoms. The Morgan fingerprint density at radius 3 is 2.62 bits per heavy atom. The van der Waals surface area contributed by atoms with Gasteiger partial charge in [0, 0.05) is 45.2 Å². The zero-order chi connectivity index (χ0) is 28.2. The van der Waals surface area contributed by atoms with Crippen LogP contribution in [0.1, 0.15) is 31.2 Å². The van der Waals surface area contributed by atoms with Gasteiger partial charge in [0.05, 0.1) is 25.9 Å². The minimum Gasteiger partial charge on any atom is -0.445 e. The number of benzene rings is 1. The lowest BCUT2D eigenvalue weighted by Crippen LogP contribution is -2.47. The van der Waals surface area contributed by atoms with Gasteiger partial charge in [-0.05, 0) is 36.7 Å². The number of amides is 4. The highest BCUT2D eigenvalue weighted by Gasteiger charge is 2.34. The summed E-state index contributed by atoms with van der Waals surface area (Å²) in [5, 5.41) is 12.0. The number of ether oxygens (including phenoxy) is 3. The van der Waals surface area contributed by atoms with Crippen molar-refractivity contribution < 1.29 is 33.4 Å². The fraction of sp³-hybridized carbons (Fsp3) is 0.643. The molecule has 3 aliphatic heterocycles. The van der Waals surface area contributed by atoms with Gasteiger partial charge in [0.25, 0.3) is 0 Å². The van der Waals surface area contributed by atoms with Gasteiger partial charge in [0.1, 0.15) is 13.2 Å². The first-order valence-electron chi connectivity index (χ1n) is 14.2. The SMILES string of the molecule is O=C1C[C@@H]2CCN(C(=O)OCc3ccccc3)C[C@@H]2CCNC(=O)[C@H]2C[C@H](CN2)NC(=O)COCCOCCN1. The van der Waals surface area contributed by atoms with E-state index in [9.17, 15) is 19.2 Å². The van der Waals surface area contributed by atoms with Crippen molar-refractivity contribution in [2.24, 2.45) is 11.8 Å². The number of piperidine rings is 1. The largest absolute Gasteiger partial charge is 0.445 e. The zero-order valence-electron chi connectivity index (χ0n) is 22.9. The fourth-order valence-corrected chi connectivity index (χ4v) is 5.43. The lowest BCUT2D eigenvalue weighted by molar-refractivity contribution is -0.127. The number of likely N-dealkylation sites (tertiary alicyclic amines) is 1. The number of fused-ring (bicyclic) bond motifs is 3. The Morgan fingerprint density at radius 1 is 0.950 bits per heavy atom. The minimum atomic E-state index is -0.397. The fourth-order valence-electron chi connectivity index (χ4n) is 5.43. The molecule has 4 atom stereocenters. The summed E-state index contributed by atoms with van der Waals surface area (Å²) in [5.41, 5.74) is 0.919. The smallest absolute Gasteiger partial charge is 0.410 e. The minimum absolute atomic E-state index is 0.0233. The third-order valence-corrected chi connectivity index (χ3v) is 7.60. The lowest BCUT2D eigenvalue weighted by Gasteiger charge is -2.38. The number of rotatable bonds is 2. The molecule has 0 aliphatic carbocycles. The lowest BCUT2D eigenvalue weighted by atomic mass is 9.81. The van der Waals surface area contributed by atoms with Crippen molar-refractivity contribution in [3.8, 4) is 0 Å². The Labute approximate surface area is 234 Å². The van der Waals surface area contributed by atoms with Crippen LogP contribution >= 0.6 is 0 Å². The van der Waals surface area contributed by atoms with Gasteiger partial charge in [0.15, 0.2) is 0 Å². The number of hydrogen-bond donors (Lipinski definition) is 4. The highest BCUT2D eigenvalue weighted by atomic mass is 16.6. The summed E-state index contributed by atoms with van der Waals surface area (Å²) in [5.74, 6) is -0.331. The number of carbonyl (C=O) groups is 4. The van der Waals surface area contributed by atoms with Crippen molar-refractivity contribution in [3.63, 3.8) is 0 Å². The summed E-state index contributed by atoms with van der Waals surface area (Å²) >= 11 is 0. The quantitative estimate of drug-likeness (QED) is 0.401. The maximum atomic E-state index is 12.8. The van der Waals surface area contributed by atoms with Crippen molar-refractivity contribution in [1.82, 2.24) is 26.2 Å². The van der Waals surface area contributed by atoms with Crippen LogP contribution in [0.4, 0.5) is 4.79 Å². The number of hydrogen-bond acceptors (Lipinski definition) is 8. The van der Waals surface area contributed by atoms with Crippen LogP contribution < -0.4 is 21.3 Å². The summed E-state index contributed by atoms with van der Waals surface area (Å²) in [6.07, 6.45) is 1.76. The molecule has 220 valence electrons. The van der Waals surface area contributed by atoms with Gasteiger partial charge in [-0.3, -0.25) is 14.4 Å². The molecule has 4 amide bonds. The van der Waals surface area contributed by atoms with E-state index in [1.54, 1.807) is 4.90 Å². The van der Waals surface area contributed by atoms with Crippen molar-refractivity contribution in [2.75, 3.05) is 59.2 Å². The Hall–Kier alpha value is -3.22. The van der Waals surface area contributed by atoms with Gasteiger partial charge in [-0.1, -0.05) is 30.3 Å². The number of nitrogens with one attached hydrogen (secondary N) is 4. The van der Waals surface area contributed by atoms with E-state index < -0.39 is 6.04 Å². The van der Waals surface area contributed by atoms with Gasteiger partial charge >= 0.3 is 6.09 Å². The molecule has 3 heterocycles. The topological polar surface area (TPSA) is 147 Å². The standard InChI is InChI=1S/C28H41N5O7/c34-25-14-21-7-10-33(28(37)40-18-20-4-2-1-3-5-20)17-22(21)6-8-30-27(36)24-15-23(16-31-24)32-26(35)19-39-13-12-38-11-9-29-25/h1-5,21-24,31H,6-19H2,(H,29,34)(H,30,36)(H,32,35)/t21-,22-,23+,24+/m0/s1. The molecule has 0 radical (unpaired) electrons. The van der Waals surface area contributed by atoms with Crippen molar-refractivity contribution in [2.45, 2.75) is 44.4 Å².